The third kappa shape index (κ3) is 3.49. The van der Waals surface area contributed by atoms with E-state index in [0.29, 0.717) is 0 Å². The number of hydrogen-bond donors (Lipinski definition) is 1. The van der Waals surface area contributed by atoms with Gasteiger partial charge in [0.25, 0.3) is 0 Å². The summed E-state index contributed by atoms with van der Waals surface area (Å²) in [5, 5.41) is 8.59. The Balaban J connectivity index is 2.98. The zero-order valence-electron chi connectivity index (χ0n) is 8.96. The van der Waals surface area contributed by atoms with Gasteiger partial charge in [-0.25, -0.2) is 4.79 Å². The van der Waals surface area contributed by atoms with Gasteiger partial charge in [0, 0.05) is 0 Å². The number of carboxylic acid groups (broad SMARTS) is 1. The minimum atomic E-state index is -5.46. The summed E-state index contributed by atoms with van der Waals surface area (Å²) in [7, 11) is 0. The van der Waals surface area contributed by atoms with Gasteiger partial charge in [-0.1, -0.05) is 0 Å². The first-order valence-corrected chi connectivity index (χ1v) is 4.73. The van der Waals surface area contributed by atoms with Gasteiger partial charge in [-0.3, -0.25) is 4.79 Å². The quantitative estimate of drug-likeness (QED) is 0.726. The number of carbonyl (C=O) groups is 2. The molecule has 19 heavy (non-hydrogen) atoms. The predicted molar refractivity (Wildman–Crippen MR) is 45.0 cm³/mol. The van der Waals surface area contributed by atoms with E-state index < -0.39 is 49.5 Å². The molecule has 110 valence electrons. The largest absolute Gasteiger partial charge is 0.480 e. The Labute approximate surface area is 101 Å². The number of hydrogen-bond acceptors (Lipinski definition) is 3. The molecule has 0 radical (unpaired) electrons. The first-order chi connectivity index (χ1) is 8.44. The lowest BCUT2D eigenvalue weighted by molar-refractivity contribution is -0.250. The highest BCUT2D eigenvalue weighted by molar-refractivity contribution is 5.87. The average molecular weight is 295 g/mol. The molecule has 0 unspecified atom stereocenters. The average Bonchev–Trinajstić information content (AvgIpc) is 2.24. The molecule has 0 aromatic carbocycles. The number of rotatable bonds is 1. The zero-order valence-corrected chi connectivity index (χ0v) is 8.96. The summed E-state index contributed by atoms with van der Waals surface area (Å²) >= 11 is 0. The van der Waals surface area contributed by atoms with Crippen molar-refractivity contribution in [2.45, 2.75) is 24.5 Å². The van der Waals surface area contributed by atoms with E-state index in [1.54, 1.807) is 0 Å². The van der Waals surface area contributed by atoms with Crippen LogP contribution >= 0.6 is 0 Å². The van der Waals surface area contributed by atoms with Gasteiger partial charge in [0.15, 0.2) is 12.1 Å². The second-order valence-corrected chi connectivity index (χ2v) is 3.67. The first kappa shape index (κ1) is 15.5. The molecule has 1 saturated heterocycles. The molecule has 1 rings (SSSR count). The van der Waals surface area contributed by atoms with Gasteiger partial charge in [0.2, 0.25) is 0 Å². The highest BCUT2D eigenvalue weighted by Crippen LogP contribution is 2.30. The molecule has 0 aromatic rings. The van der Waals surface area contributed by atoms with Gasteiger partial charge in [0.05, 0.1) is 13.2 Å². The van der Waals surface area contributed by atoms with Gasteiger partial charge < -0.3 is 14.7 Å². The zero-order chi connectivity index (χ0) is 15.0. The van der Waals surface area contributed by atoms with Crippen LogP contribution in [-0.4, -0.2) is 59.5 Å². The highest BCUT2D eigenvalue weighted by atomic mass is 19.4. The number of nitrogens with zero attached hydrogens (tertiary/aromatic N) is 1. The van der Waals surface area contributed by atoms with Crippen molar-refractivity contribution < 1.29 is 45.8 Å². The van der Waals surface area contributed by atoms with E-state index in [0.717, 1.165) is 0 Å². The number of carbonyl (C=O) groups excluding carboxylic acids is 1. The minimum Gasteiger partial charge on any atom is -0.480 e. The van der Waals surface area contributed by atoms with Gasteiger partial charge in [0.1, 0.15) is 0 Å². The number of carboxylic acids is 1. The fourth-order valence-corrected chi connectivity index (χ4v) is 1.45. The predicted octanol–water partition coefficient (Wildman–Crippen LogP) is 0.792. The number of aliphatic carboxylic acids is 1. The summed E-state index contributed by atoms with van der Waals surface area (Å²) in [5.74, 6) is -4.52. The Hall–Kier alpha value is -1.52. The number of ether oxygens (including phenoxy) is 1. The molecule has 0 bridgehead atoms. The van der Waals surface area contributed by atoms with Gasteiger partial charge in [-0.15, -0.1) is 0 Å². The standard InChI is InChI=1S/C8H7F6NO4/c9-7(10,11)4-1-15(6(18)8(12,13)14)3(2-19-4)5(16)17/h3-4H,1-2H2,(H,16,17)/t3-,4+/m0/s1. The molecule has 0 aliphatic carbocycles. The Morgan fingerprint density at radius 3 is 2.05 bits per heavy atom. The van der Waals surface area contributed by atoms with E-state index in [9.17, 15) is 35.9 Å². The summed E-state index contributed by atoms with van der Waals surface area (Å²) in [4.78, 5) is 21.2. The smallest absolute Gasteiger partial charge is 0.471 e. The van der Waals surface area contributed by atoms with Gasteiger partial charge >= 0.3 is 24.2 Å². The summed E-state index contributed by atoms with van der Waals surface area (Å²) < 4.78 is 77.6. The maximum atomic E-state index is 12.3. The molecule has 1 aliphatic rings. The van der Waals surface area contributed by atoms with Crippen LogP contribution in [0.1, 0.15) is 0 Å². The Bertz CT molecular complexity index is 378. The SMILES string of the molecule is O=C(O)[C@@H]1CO[C@@H](C(F)(F)F)CN1C(=O)C(F)(F)F. The van der Waals surface area contributed by atoms with E-state index in [-0.39, 0.29) is 4.90 Å². The van der Waals surface area contributed by atoms with Crippen LogP contribution in [0.4, 0.5) is 26.3 Å². The molecule has 2 atom stereocenters. The maximum absolute atomic E-state index is 12.3. The molecule has 0 aromatic heterocycles. The van der Waals surface area contributed by atoms with Crippen LogP contribution in [0.5, 0.6) is 0 Å². The van der Waals surface area contributed by atoms with Crippen molar-refractivity contribution in [2.75, 3.05) is 13.2 Å². The molecule has 0 spiro atoms. The van der Waals surface area contributed by atoms with Crippen LogP contribution in [0.3, 0.4) is 0 Å². The molecule has 1 fully saturated rings. The van der Waals surface area contributed by atoms with E-state index >= 15 is 0 Å². The van der Waals surface area contributed by atoms with Crippen molar-refractivity contribution in [2.24, 2.45) is 0 Å². The van der Waals surface area contributed by atoms with Crippen molar-refractivity contribution in [3.05, 3.63) is 0 Å². The van der Waals surface area contributed by atoms with E-state index in [1.807, 2.05) is 0 Å². The second kappa shape index (κ2) is 4.87. The molecular weight excluding hydrogens is 288 g/mol. The topological polar surface area (TPSA) is 66.8 Å². The molecule has 5 nitrogen and oxygen atoms in total. The summed E-state index contributed by atoms with van der Waals surface area (Å²) in [6.07, 6.45) is -13.1. The van der Waals surface area contributed by atoms with Gasteiger partial charge in [-0.05, 0) is 0 Å². The monoisotopic (exact) mass is 295 g/mol. The maximum Gasteiger partial charge on any atom is 0.471 e. The molecule has 1 heterocycles. The van der Waals surface area contributed by atoms with E-state index in [2.05, 4.69) is 4.74 Å². The van der Waals surface area contributed by atoms with Crippen molar-refractivity contribution >= 4 is 11.9 Å². The van der Waals surface area contributed by atoms with Crippen LogP contribution in [0.25, 0.3) is 0 Å². The lowest BCUT2D eigenvalue weighted by Gasteiger charge is -2.38. The highest BCUT2D eigenvalue weighted by Gasteiger charge is 2.53. The van der Waals surface area contributed by atoms with Crippen LogP contribution < -0.4 is 0 Å². The van der Waals surface area contributed by atoms with Crippen LogP contribution in [0, 0.1) is 0 Å². The van der Waals surface area contributed by atoms with E-state index in [4.69, 9.17) is 5.11 Å². The number of halogens is 6. The van der Waals surface area contributed by atoms with Crippen LogP contribution in [0.2, 0.25) is 0 Å². The Morgan fingerprint density at radius 2 is 1.68 bits per heavy atom. The number of morpholine rings is 1. The summed E-state index contributed by atoms with van der Waals surface area (Å²) in [5.41, 5.74) is 0. The Kier molecular flexibility index (Phi) is 3.98. The third-order valence-electron chi connectivity index (χ3n) is 2.35. The molecular formula is C8H7F6NO4. The lowest BCUT2D eigenvalue weighted by Crippen LogP contribution is -2.61. The number of alkyl halides is 6. The summed E-state index contributed by atoms with van der Waals surface area (Å²) in [6, 6.07) is -2.10. The third-order valence-corrected chi connectivity index (χ3v) is 2.35. The first-order valence-electron chi connectivity index (χ1n) is 4.73. The molecule has 1 aliphatic heterocycles. The fourth-order valence-electron chi connectivity index (χ4n) is 1.45. The second-order valence-electron chi connectivity index (χ2n) is 3.67. The lowest BCUT2D eigenvalue weighted by atomic mass is 10.1. The minimum absolute atomic E-state index is 0.385. The summed E-state index contributed by atoms with van der Waals surface area (Å²) in [6.45, 7) is -2.68. The number of amides is 1. The molecule has 1 amide bonds. The molecule has 11 heteroatoms. The van der Waals surface area contributed by atoms with Crippen LogP contribution in [-0.2, 0) is 14.3 Å². The molecule has 1 N–H and O–H groups in total. The van der Waals surface area contributed by atoms with Gasteiger partial charge in [-0.2, -0.15) is 26.3 Å². The van der Waals surface area contributed by atoms with Crippen molar-refractivity contribution in [1.82, 2.24) is 4.90 Å². The molecule has 0 saturated carbocycles. The van der Waals surface area contributed by atoms with Crippen molar-refractivity contribution in [3.8, 4) is 0 Å². The van der Waals surface area contributed by atoms with Crippen LogP contribution in [0.15, 0.2) is 0 Å². The Morgan fingerprint density at radius 1 is 1.16 bits per heavy atom. The van der Waals surface area contributed by atoms with Crippen molar-refractivity contribution in [1.29, 1.82) is 0 Å². The van der Waals surface area contributed by atoms with Crippen molar-refractivity contribution in [3.63, 3.8) is 0 Å². The van der Waals surface area contributed by atoms with E-state index in [1.165, 1.54) is 0 Å². The fraction of sp³-hybridized carbons (Fsp3) is 0.750. The normalized spacial score (nSPS) is 25.3.